The Bertz CT molecular complexity index is 1190. The summed E-state index contributed by atoms with van der Waals surface area (Å²) in [5.74, 6) is 0.800. The summed E-state index contributed by atoms with van der Waals surface area (Å²) < 4.78 is 17.7. The molecule has 35 heavy (non-hydrogen) atoms. The van der Waals surface area contributed by atoms with E-state index in [-0.39, 0.29) is 17.8 Å². The van der Waals surface area contributed by atoms with E-state index in [2.05, 4.69) is 0 Å². The van der Waals surface area contributed by atoms with Crippen LogP contribution in [-0.2, 0) is 9.53 Å². The highest BCUT2D eigenvalue weighted by Crippen LogP contribution is 2.34. The highest BCUT2D eigenvalue weighted by Gasteiger charge is 2.31. The summed E-state index contributed by atoms with van der Waals surface area (Å²) >= 11 is 0. The third kappa shape index (κ3) is 5.16. The molecule has 1 fully saturated rings. The molecule has 8 nitrogen and oxygen atoms in total. The van der Waals surface area contributed by atoms with Crippen molar-refractivity contribution in [3.8, 4) is 28.4 Å². The molecular weight excluding hydrogens is 446 g/mol. The zero-order valence-corrected chi connectivity index (χ0v) is 20.6. The van der Waals surface area contributed by atoms with Gasteiger partial charge in [-0.3, -0.25) is 9.59 Å². The topological polar surface area (TPSA) is 82.9 Å². The van der Waals surface area contributed by atoms with Crippen molar-refractivity contribution in [2.75, 3.05) is 33.9 Å². The second-order valence-corrected chi connectivity index (χ2v) is 8.55. The molecule has 3 aromatic rings. The Morgan fingerprint density at radius 2 is 1.71 bits per heavy atom. The Morgan fingerprint density at radius 3 is 2.34 bits per heavy atom. The third-order valence-corrected chi connectivity index (χ3v) is 6.29. The van der Waals surface area contributed by atoms with Gasteiger partial charge in [0.15, 0.2) is 0 Å². The molecule has 0 unspecified atom stereocenters. The number of rotatable bonds is 7. The fourth-order valence-corrected chi connectivity index (χ4v) is 4.30. The highest BCUT2D eigenvalue weighted by molar-refractivity contribution is 5.95. The van der Waals surface area contributed by atoms with Gasteiger partial charge < -0.3 is 19.1 Å². The van der Waals surface area contributed by atoms with E-state index in [1.165, 1.54) is 0 Å². The Morgan fingerprint density at radius 1 is 1.00 bits per heavy atom. The van der Waals surface area contributed by atoms with Crippen LogP contribution in [0.2, 0.25) is 0 Å². The van der Waals surface area contributed by atoms with Gasteiger partial charge in [0.25, 0.3) is 5.91 Å². The quantitative estimate of drug-likeness (QED) is 0.473. The molecule has 0 N–H and O–H groups in total. The van der Waals surface area contributed by atoms with E-state index < -0.39 is 0 Å². The van der Waals surface area contributed by atoms with Crippen molar-refractivity contribution in [3.05, 3.63) is 59.8 Å². The van der Waals surface area contributed by atoms with Crippen LogP contribution in [0.1, 0.15) is 35.8 Å². The number of likely N-dealkylation sites (tertiary alicyclic amines) is 1. The fraction of sp³-hybridized carbons (Fsp3) is 0.370. The molecule has 0 bridgehead atoms. The Hall–Kier alpha value is -3.81. The number of piperidine rings is 1. The van der Waals surface area contributed by atoms with Crippen LogP contribution in [-0.4, -0.2) is 60.5 Å². The van der Waals surface area contributed by atoms with Crippen LogP contribution in [0, 0.1) is 12.8 Å². The molecule has 0 spiro atoms. The lowest BCUT2D eigenvalue weighted by Crippen LogP contribution is -2.41. The van der Waals surface area contributed by atoms with Crippen molar-refractivity contribution in [2.45, 2.75) is 26.7 Å². The maximum absolute atomic E-state index is 13.7. The second kappa shape index (κ2) is 10.6. The number of aryl methyl sites for hydroxylation is 1. The van der Waals surface area contributed by atoms with Gasteiger partial charge in [-0.15, -0.1) is 0 Å². The predicted molar refractivity (Wildman–Crippen MR) is 132 cm³/mol. The summed E-state index contributed by atoms with van der Waals surface area (Å²) in [7, 11) is 3.19. The Labute approximate surface area is 205 Å². The molecule has 1 saturated heterocycles. The lowest BCUT2D eigenvalue weighted by molar-refractivity contribution is -0.149. The van der Waals surface area contributed by atoms with Crippen LogP contribution in [0.3, 0.4) is 0 Å². The summed E-state index contributed by atoms with van der Waals surface area (Å²) in [6.45, 7) is 5.16. The number of methoxy groups -OCH3 is 2. The van der Waals surface area contributed by atoms with E-state index in [9.17, 15) is 9.59 Å². The molecule has 2 heterocycles. The molecule has 0 aliphatic carbocycles. The summed E-state index contributed by atoms with van der Waals surface area (Å²) in [6.07, 6.45) is 1.17. The number of amides is 1. The summed E-state index contributed by atoms with van der Waals surface area (Å²) in [5, 5.41) is 4.80. The molecule has 1 aliphatic rings. The minimum atomic E-state index is -0.182. The van der Waals surface area contributed by atoms with Crippen LogP contribution in [0.25, 0.3) is 16.9 Å². The smallest absolute Gasteiger partial charge is 0.309 e. The number of nitrogens with zero attached hydrogens (tertiary/aromatic N) is 3. The molecule has 2 aromatic carbocycles. The minimum absolute atomic E-state index is 0.126. The van der Waals surface area contributed by atoms with Crippen LogP contribution in [0.5, 0.6) is 11.5 Å². The molecular formula is C27H31N3O5. The molecule has 8 heteroatoms. The second-order valence-electron chi connectivity index (χ2n) is 8.55. The number of benzene rings is 2. The van der Waals surface area contributed by atoms with E-state index >= 15 is 0 Å². The van der Waals surface area contributed by atoms with Gasteiger partial charge in [0, 0.05) is 24.7 Å². The lowest BCUT2D eigenvalue weighted by Gasteiger charge is -2.30. The number of aromatic nitrogens is 2. The first-order valence-electron chi connectivity index (χ1n) is 11.8. The van der Waals surface area contributed by atoms with E-state index in [4.69, 9.17) is 19.3 Å². The maximum atomic E-state index is 13.7. The molecule has 184 valence electrons. The maximum Gasteiger partial charge on any atom is 0.309 e. The van der Waals surface area contributed by atoms with Gasteiger partial charge in [0.1, 0.15) is 17.2 Å². The first-order chi connectivity index (χ1) is 16.9. The SMILES string of the molecule is CCOC(=O)C1CCN(C(=O)c2cc(-c3ccc(OC)cc3OC)nn2-c2ccc(C)cc2)CC1. The normalized spacial score (nSPS) is 14.0. The van der Waals surface area contributed by atoms with E-state index in [0.717, 1.165) is 16.8 Å². The van der Waals surface area contributed by atoms with Crippen molar-refractivity contribution in [3.63, 3.8) is 0 Å². The molecule has 1 aromatic heterocycles. The van der Waals surface area contributed by atoms with Gasteiger partial charge in [0.2, 0.25) is 0 Å². The summed E-state index contributed by atoms with van der Waals surface area (Å²) in [6, 6.07) is 15.2. The standard InChI is InChI=1S/C27H31N3O5/c1-5-35-27(32)19-12-14-29(15-13-19)26(31)24-17-23(22-11-10-21(33-3)16-25(22)34-4)28-30(24)20-8-6-18(2)7-9-20/h6-11,16-17,19H,5,12-15H2,1-4H3. The first kappa shape index (κ1) is 24.3. The monoisotopic (exact) mass is 477 g/mol. The Balaban J connectivity index is 1.68. The summed E-state index contributed by atoms with van der Waals surface area (Å²) in [4.78, 5) is 27.6. The van der Waals surface area contributed by atoms with Crippen molar-refractivity contribution < 1.29 is 23.8 Å². The Kier molecular flexibility index (Phi) is 7.39. The molecule has 1 aliphatic heterocycles. The predicted octanol–water partition coefficient (Wildman–Crippen LogP) is 4.28. The zero-order chi connectivity index (χ0) is 24.9. The van der Waals surface area contributed by atoms with E-state index in [1.54, 1.807) is 42.9 Å². The van der Waals surface area contributed by atoms with Crippen LogP contribution in [0.15, 0.2) is 48.5 Å². The van der Waals surface area contributed by atoms with Crippen LogP contribution >= 0.6 is 0 Å². The molecule has 0 atom stereocenters. The number of esters is 1. The fourth-order valence-electron chi connectivity index (χ4n) is 4.30. The van der Waals surface area contributed by atoms with Crippen LogP contribution in [0.4, 0.5) is 0 Å². The van der Waals surface area contributed by atoms with E-state index in [1.807, 2.05) is 43.3 Å². The molecule has 1 amide bonds. The van der Waals surface area contributed by atoms with Gasteiger partial charge in [-0.2, -0.15) is 5.10 Å². The summed E-state index contributed by atoms with van der Waals surface area (Å²) in [5.41, 5.74) is 3.74. The number of hydrogen-bond donors (Lipinski definition) is 0. The van der Waals surface area contributed by atoms with Gasteiger partial charge >= 0.3 is 5.97 Å². The largest absolute Gasteiger partial charge is 0.497 e. The van der Waals surface area contributed by atoms with Crippen molar-refractivity contribution in [2.24, 2.45) is 5.92 Å². The molecule has 0 radical (unpaired) electrons. The van der Waals surface area contributed by atoms with Gasteiger partial charge in [-0.25, -0.2) is 4.68 Å². The molecule has 4 rings (SSSR count). The van der Waals surface area contributed by atoms with Crippen molar-refractivity contribution in [1.29, 1.82) is 0 Å². The minimum Gasteiger partial charge on any atom is -0.497 e. The highest BCUT2D eigenvalue weighted by atomic mass is 16.5. The first-order valence-corrected chi connectivity index (χ1v) is 11.8. The number of ether oxygens (including phenoxy) is 3. The van der Waals surface area contributed by atoms with Gasteiger partial charge in [-0.05, 0) is 57.0 Å². The van der Waals surface area contributed by atoms with Crippen LogP contribution < -0.4 is 9.47 Å². The number of carbonyl (C=O) groups is 2. The van der Waals surface area contributed by atoms with E-state index in [0.29, 0.717) is 55.4 Å². The van der Waals surface area contributed by atoms with Crippen molar-refractivity contribution in [1.82, 2.24) is 14.7 Å². The average molecular weight is 478 g/mol. The zero-order valence-electron chi connectivity index (χ0n) is 20.6. The number of carbonyl (C=O) groups excluding carboxylic acids is 2. The average Bonchev–Trinajstić information content (AvgIpc) is 3.33. The molecule has 0 saturated carbocycles. The van der Waals surface area contributed by atoms with Crippen molar-refractivity contribution >= 4 is 11.9 Å². The van der Waals surface area contributed by atoms with Gasteiger partial charge in [0.05, 0.1) is 38.1 Å². The third-order valence-electron chi connectivity index (χ3n) is 6.29. The van der Waals surface area contributed by atoms with Gasteiger partial charge in [-0.1, -0.05) is 17.7 Å². The lowest BCUT2D eigenvalue weighted by atomic mass is 9.97. The number of hydrogen-bond acceptors (Lipinski definition) is 6.